The minimum atomic E-state index is -0.00367. The summed E-state index contributed by atoms with van der Waals surface area (Å²) in [6.45, 7) is 8.91. The standard InChI is InChI=1S/C15H25N5/c1-15(2,3)11-5-4-9-20(10-7-11)14-18-8-6-12(19-14)13(16)17/h6,8,11H,4-5,7,9-10H2,1-3H3,(H3,16,17). The van der Waals surface area contributed by atoms with Gasteiger partial charge in [0.15, 0.2) is 0 Å². The van der Waals surface area contributed by atoms with Gasteiger partial charge in [-0.25, -0.2) is 9.97 Å². The number of anilines is 1. The third-order valence-electron chi connectivity index (χ3n) is 4.15. The molecule has 1 fully saturated rings. The van der Waals surface area contributed by atoms with Crippen LogP contribution in [0.1, 0.15) is 45.7 Å². The summed E-state index contributed by atoms with van der Waals surface area (Å²) in [5.41, 5.74) is 6.36. The van der Waals surface area contributed by atoms with Crippen molar-refractivity contribution < 1.29 is 0 Å². The van der Waals surface area contributed by atoms with Gasteiger partial charge in [0.2, 0.25) is 5.95 Å². The molecule has 1 atom stereocenters. The zero-order chi connectivity index (χ0) is 14.8. The molecule has 1 unspecified atom stereocenters. The molecule has 5 heteroatoms. The van der Waals surface area contributed by atoms with Gasteiger partial charge >= 0.3 is 0 Å². The zero-order valence-corrected chi connectivity index (χ0v) is 12.7. The first kappa shape index (κ1) is 14.8. The van der Waals surface area contributed by atoms with Crippen molar-refractivity contribution in [2.24, 2.45) is 17.1 Å². The molecule has 0 amide bonds. The molecule has 1 aliphatic heterocycles. The van der Waals surface area contributed by atoms with E-state index in [1.807, 2.05) is 0 Å². The topological polar surface area (TPSA) is 78.9 Å². The summed E-state index contributed by atoms with van der Waals surface area (Å²) in [6, 6.07) is 1.68. The average molecular weight is 275 g/mol. The highest BCUT2D eigenvalue weighted by Gasteiger charge is 2.27. The average Bonchev–Trinajstić information content (AvgIpc) is 2.64. The Morgan fingerprint density at radius 3 is 2.75 bits per heavy atom. The van der Waals surface area contributed by atoms with Gasteiger partial charge in [0, 0.05) is 19.3 Å². The van der Waals surface area contributed by atoms with Crippen LogP contribution in [0.25, 0.3) is 0 Å². The highest BCUT2D eigenvalue weighted by atomic mass is 15.2. The van der Waals surface area contributed by atoms with Crippen molar-refractivity contribution >= 4 is 11.8 Å². The Balaban J connectivity index is 2.11. The van der Waals surface area contributed by atoms with Crippen LogP contribution in [-0.4, -0.2) is 28.9 Å². The number of nitrogen functional groups attached to an aromatic ring is 1. The summed E-state index contributed by atoms with van der Waals surface area (Å²) in [7, 11) is 0. The van der Waals surface area contributed by atoms with Crippen LogP contribution in [0.2, 0.25) is 0 Å². The van der Waals surface area contributed by atoms with Crippen molar-refractivity contribution in [3.63, 3.8) is 0 Å². The minimum absolute atomic E-state index is 0.00367. The zero-order valence-electron chi connectivity index (χ0n) is 12.7. The first-order valence-corrected chi connectivity index (χ1v) is 7.30. The van der Waals surface area contributed by atoms with Crippen LogP contribution < -0.4 is 10.6 Å². The highest BCUT2D eigenvalue weighted by Crippen LogP contribution is 2.34. The van der Waals surface area contributed by atoms with Gasteiger partial charge < -0.3 is 10.6 Å². The number of nitrogens with zero attached hydrogens (tertiary/aromatic N) is 3. The Morgan fingerprint density at radius 1 is 1.35 bits per heavy atom. The lowest BCUT2D eigenvalue weighted by molar-refractivity contribution is 0.220. The summed E-state index contributed by atoms with van der Waals surface area (Å²) >= 11 is 0. The molecule has 0 aliphatic carbocycles. The van der Waals surface area contributed by atoms with Gasteiger partial charge in [-0.15, -0.1) is 0 Å². The number of hydrogen-bond acceptors (Lipinski definition) is 4. The summed E-state index contributed by atoms with van der Waals surface area (Å²) in [5.74, 6) is 1.44. The summed E-state index contributed by atoms with van der Waals surface area (Å²) in [4.78, 5) is 10.9. The fourth-order valence-electron chi connectivity index (χ4n) is 2.81. The molecule has 0 aromatic carbocycles. The number of hydrogen-bond donors (Lipinski definition) is 2. The molecule has 5 nitrogen and oxygen atoms in total. The van der Waals surface area contributed by atoms with E-state index in [0.717, 1.165) is 31.8 Å². The van der Waals surface area contributed by atoms with Crippen LogP contribution in [0, 0.1) is 16.7 Å². The molecule has 0 saturated carbocycles. The smallest absolute Gasteiger partial charge is 0.225 e. The van der Waals surface area contributed by atoms with Crippen LogP contribution in [0.5, 0.6) is 0 Å². The van der Waals surface area contributed by atoms with Gasteiger partial charge in [0.05, 0.1) is 0 Å². The molecule has 0 radical (unpaired) electrons. The molecule has 3 N–H and O–H groups in total. The van der Waals surface area contributed by atoms with Crippen molar-refractivity contribution in [3.05, 3.63) is 18.0 Å². The van der Waals surface area contributed by atoms with Gasteiger partial charge in [0.1, 0.15) is 11.5 Å². The van der Waals surface area contributed by atoms with Crippen molar-refractivity contribution in [2.75, 3.05) is 18.0 Å². The molecule has 2 rings (SSSR count). The largest absolute Gasteiger partial charge is 0.382 e. The van der Waals surface area contributed by atoms with Gasteiger partial charge in [-0.2, -0.15) is 0 Å². The second-order valence-electron chi connectivity index (χ2n) is 6.64. The third kappa shape index (κ3) is 3.46. The highest BCUT2D eigenvalue weighted by molar-refractivity contribution is 5.93. The first-order chi connectivity index (χ1) is 9.38. The monoisotopic (exact) mass is 275 g/mol. The van der Waals surface area contributed by atoms with Gasteiger partial charge in [-0.3, -0.25) is 5.41 Å². The molecule has 1 aromatic heterocycles. The van der Waals surface area contributed by atoms with Gasteiger partial charge in [0.25, 0.3) is 0 Å². The van der Waals surface area contributed by atoms with E-state index in [9.17, 15) is 0 Å². The number of aromatic nitrogens is 2. The Bertz CT molecular complexity index is 477. The summed E-state index contributed by atoms with van der Waals surface area (Å²) in [6.07, 6.45) is 5.27. The SMILES string of the molecule is CC(C)(C)C1CCCN(c2nccc(C(=N)N)n2)CC1. The van der Waals surface area contributed by atoms with Crippen LogP contribution in [-0.2, 0) is 0 Å². The van der Waals surface area contributed by atoms with Crippen LogP contribution in [0.4, 0.5) is 5.95 Å². The molecular formula is C15H25N5. The minimum Gasteiger partial charge on any atom is -0.382 e. The quantitative estimate of drug-likeness (QED) is 0.641. The maximum atomic E-state index is 7.47. The van der Waals surface area contributed by atoms with E-state index in [4.69, 9.17) is 11.1 Å². The molecule has 20 heavy (non-hydrogen) atoms. The van der Waals surface area contributed by atoms with Crippen molar-refractivity contribution in [1.29, 1.82) is 5.41 Å². The fourth-order valence-corrected chi connectivity index (χ4v) is 2.81. The molecular weight excluding hydrogens is 250 g/mol. The van der Waals surface area contributed by atoms with E-state index in [1.165, 1.54) is 6.42 Å². The Kier molecular flexibility index (Phi) is 4.26. The Morgan fingerprint density at radius 2 is 2.10 bits per heavy atom. The van der Waals surface area contributed by atoms with E-state index in [-0.39, 0.29) is 5.84 Å². The molecule has 1 saturated heterocycles. The summed E-state index contributed by atoms with van der Waals surface area (Å²) in [5, 5.41) is 7.47. The van der Waals surface area contributed by atoms with Crippen molar-refractivity contribution in [2.45, 2.75) is 40.0 Å². The van der Waals surface area contributed by atoms with Crippen LogP contribution in [0.15, 0.2) is 12.3 Å². The first-order valence-electron chi connectivity index (χ1n) is 7.30. The molecule has 2 heterocycles. The van der Waals surface area contributed by atoms with Crippen LogP contribution in [0.3, 0.4) is 0 Å². The molecule has 1 aliphatic rings. The second kappa shape index (κ2) is 5.77. The molecule has 0 spiro atoms. The van der Waals surface area contributed by atoms with E-state index in [0.29, 0.717) is 17.1 Å². The van der Waals surface area contributed by atoms with Crippen LogP contribution >= 0.6 is 0 Å². The lowest BCUT2D eigenvalue weighted by atomic mass is 9.77. The lowest BCUT2D eigenvalue weighted by Crippen LogP contribution is -2.28. The number of rotatable bonds is 2. The van der Waals surface area contributed by atoms with Gasteiger partial charge in [-0.05, 0) is 36.7 Å². The van der Waals surface area contributed by atoms with E-state index >= 15 is 0 Å². The maximum Gasteiger partial charge on any atom is 0.225 e. The van der Waals surface area contributed by atoms with E-state index in [1.54, 1.807) is 12.3 Å². The predicted octanol–water partition coefficient (Wildman–Crippen LogP) is 2.41. The normalized spacial score (nSPS) is 20.6. The third-order valence-corrected chi connectivity index (χ3v) is 4.15. The van der Waals surface area contributed by atoms with Gasteiger partial charge in [-0.1, -0.05) is 20.8 Å². The lowest BCUT2D eigenvalue weighted by Gasteiger charge is -2.29. The Labute approximate surface area is 121 Å². The van der Waals surface area contributed by atoms with E-state index < -0.39 is 0 Å². The Hall–Kier alpha value is -1.65. The van der Waals surface area contributed by atoms with E-state index in [2.05, 4.69) is 35.6 Å². The second-order valence-corrected chi connectivity index (χ2v) is 6.64. The number of nitrogens with one attached hydrogen (secondary N) is 1. The van der Waals surface area contributed by atoms with Crippen molar-refractivity contribution in [1.82, 2.24) is 9.97 Å². The molecule has 1 aromatic rings. The van der Waals surface area contributed by atoms with Crippen molar-refractivity contribution in [3.8, 4) is 0 Å². The number of amidine groups is 1. The number of nitrogens with two attached hydrogens (primary N) is 1. The molecule has 0 bridgehead atoms. The summed E-state index contributed by atoms with van der Waals surface area (Å²) < 4.78 is 0. The predicted molar refractivity (Wildman–Crippen MR) is 82.1 cm³/mol. The molecule has 110 valence electrons. The maximum absolute atomic E-state index is 7.47. The fraction of sp³-hybridized carbons (Fsp3) is 0.667.